The number of alkyl halides is 1. The molecule has 76 valence electrons. The molecular weight excluding hydrogens is 228 g/mol. The molecule has 0 bridgehead atoms. The van der Waals surface area contributed by atoms with E-state index < -0.39 is 0 Å². The molecule has 0 aliphatic heterocycles. The van der Waals surface area contributed by atoms with E-state index in [9.17, 15) is 0 Å². The Labute approximate surface area is 90.0 Å². The lowest BCUT2D eigenvalue weighted by Gasteiger charge is -2.26. The number of hydrogen-bond donors (Lipinski definition) is 0. The molecule has 0 aromatic carbocycles. The molecule has 0 aromatic heterocycles. The molecule has 0 heterocycles. The molecule has 0 unspecified atom stereocenters. The molecule has 0 aliphatic rings. The summed E-state index contributed by atoms with van der Waals surface area (Å²) in [6.07, 6.45) is 2.05. The molecule has 0 fully saturated rings. The summed E-state index contributed by atoms with van der Waals surface area (Å²) in [5.74, 6) is 0.842. The topological polar surface area (TPSA) is 9.23 Å². The maximum atomic E-state index is 5.15. The van der Waals surface area contributed by atoms with Gasteiger partial charge in [-0.05, 0) is 12.8 Å². The van der Waals surface area contributed by atoms with Crippen LogP contribution in [-0.2, 0) is 4.74 Å². The second-order valence-corrected chi connectivity index (χ2v) is 4.46. The lowest BCUT2D eigenvalue weighted by molar-refractivity contribution is 0.188. The molecule has 0 spiro atoms. The third kappa shape index (κ3) is 4.51. The van der Waals surface area contributed by atoms with Crippen molar-refractivity contribution in [3.63, 3.8) is 0 Å². The van der Waals surface area contributed by atoms with Crippen LogP contribution in [0.4, 0.5) is 0 Å². The lowest BCUT2D eigenvalue weighted by Crippen LogP contribution is -2.15. The molecule has 0 rings (SSSR count). The molecule has 0 N–H and O–H groups in total. The van der Waals surface area contributed by atoms with Crippen molar-refractivity contribution in [1.29, 1.82) is 0 Å². The summed E-state index contributed by atoms with van der Waals surface area (Å²) in [6, 6.07) is 0. The highest BCUT2D eigenvalue weighted by atomic mass is 79.9. The minimum absolute atomic E-state index is 0.0415. The molecule has 0 radical (unpaired) electrons. The second kappa shape index (κ2) is 5.48. The van der Waals surface area contributed by atoms with Gasteiger partial charge in [0.25, 0.3) is 0 Å². The fraction of sp³-hybridized carbons (Fsp3) is 0.636. The smallest absolute Gasteiger partial charge is 0.0940 e. The van der Waals surface area contributed by atoms with Crippen molar-refractivity contribution >= 4 is 15.9 Å². The van der Waals surface area contributed by atoms with E-state index in [-0.39, 0.29) is 5.41 Å². The number of allylic oxidation sites excluding steroid dienone is 2. The summed E-state index contributed by atoms with van der Waals surface area (Å²) < 4.78 is 5.15. The van der Waals surface area contributed by atoms with Gasteiger partial charge in [0.15, 0.2) is 0 Å². The van der Waals surface area contributed by atoms with Gasteiger partial charge < -0.3 is 4.74 Å². The highest BCUT2D eigenvalue weighted by Gasteiger charge is 2.22. The average molecular weight is 247 g/mol. The minimum Gasteiger partial charge on any atom is -0.501 e. The molecule has 0 aliphatic carbocycles. The van der Waals surface area contributed by atoms with Gasteiger partial charge in [-0.3, -0.25) is 0 Å². The molecule has 0 atom stereocenters. The van der Waals surface area contributed by atoms with Crippen molar-refractivity contribution in [3.05, 3.63) is 24.5 Å². The van der Waals surface area contributed by atoms with Crippen LogP contribution in [0, 0.1) is 5.41 Å². The Morgan fingerprint density at radius 3 is 2.31 bits per heavy atom. The predicted molar refractivity (Wildman–Crippen MR) is 62.1 cm³/mol. The quantitative estimate of drug-likeness (QED) is 0.393. The molecule has 13 heavy (non-hydrogen) atoms. The van der Waals surface area contributed by atoms with Crippen LogP contribution in [0.25, 0.3) is 0 Å². The van der Waals surface area contributed by atoms with E-state index in [1.807, 2.05) is 0 Å². The van der Waals surface area contributed by atoms with Crippen molar-refractivity contribution in [2.24, 2.45) is 5.41 Å². The van der Waals surface area contributed by atoms with Crippen molar-refractivity contribution in [2.75, 3.05) is 12.4 Å². The van der Waals surface area contributed by atoms with Gasteiger partial charge in [-0.2, -0.15) is 0 Å². The monoisotopic (exact) mass is 246 g/mol. The Hall–Kier alpha value is -0.240. The summed E-state index contributed by atoms with van der Waals surface area (Å²) in [4.78, 5) is 0. The van der Waals surface area contributed by atoms with Crippen molar-refractivity contribution in [3.8, 4) is 0 Å². The SMILES string of the molecule is C=C(CBr)CCC(C)(C)C(=C)OC. The minimum atomic E-state index is 0.0415. The Bertz CT molecular complexity index is 194. The molecular formula is C11H19BrO. The van der Waals surface area contributed by atoms with Crippen molar-refractivity contribution in [1.82, 2.24) is 0 Å². The molecule has 2 heteroatoms. The number of hydrogen-bond acceptors (Lipinski definition) is 1. The predicted octanol–water partition coefficient (Wildman–Crippen LogP) is 3.90. The summed E-state index contributed by atoms with van der Waals surface area (Å²) in [7, 11) is 1.67. The van der Waals surface area contributed by atoms with Crippen LogP contribution in [0.15, 0.2) is 24.5 Å². The van der Waals surface area contributed by atoms with Crippen LogP contribution in [-0.4, -0.2) is 12.4 Å². The van der Waals surface area contributed by atoms with Gasteiger partial charge >= 0.3 is 0 Å². The zero-order valence-electron chi connectivity index (χ0n) is 8.82. The Morgan fingerprint density at radius 1 is 1.38 bits per heavy atom. The second-order valence-electron chi connectivity index (χ2n) is 3.89. The van der Waals surface area contributed by atoms with Crippen molar-refractivity contribution in [2.45, 2.75) is 26.7 Å². The third-order valence-corrected chi connectivity index (χ3v) is 3.09. The first-order chi connectivity index (χ1) is 5.94. The molecule has 0 amide bonds. The lowest BCUT2D eigenvalue weighted by atomic mass is 9.85. The van der Waals surface area contributed by atoms with E-state index in [2.05, 4.69) is 42.9 Å². The van der Waals surface area contributed by atoms with Crippen LogP contribution in [0.3, 0.4) is 0 Å². The van der Waals surface area contributed by atoms with E-state index in [1.165, 1.54) is 5.57 Å². The van der Waals surface area contributed by atoms with Crippen molar-refractivity contribution < 1.29 is 4.74 Å². The zero-order valence-corrected chi connectivity index (χ0v) is 10.4. The van der Waals surface area contributed by atoms with E-state index in [1.54, 1.807) is 7.11 Å². The fourth-order valence-corrected chi connectivity index (χ4v) is 1.25. The highest BCUT2D eigenvalue weighted by Crippen LogP contribution is 2.32. The van der Waals surface area contributed by atoms with Crippen LogP contribution < -0.4 is 0 Å². The normalized spacial score (nSPS) is 11.1. The van der Waals surface area contributed by atoms with E-state index in [4.69, 9.17) is 4.74 Å². The van der Waals surface area contributed by atoms with Gasteiger partial charge in [0.2, 0.25) is 0 Å². The third-order valence-electron chi connectivity index (χ3n) is 2.29. The number of rotatable bonds is 6. The zero-order chi connectivity index (χ0) is 10.5. The Balaban J connectivity index is 4.03. The number of methoxy groups -OCH3 is 1. The van der Waals surface area contributed by atoms with Gasteiger partial charge in [-0.1, -0.05) is 48.5 Å². The average Bonchev–Trinajstić information content (AvgIpc) is 2.12. The van der Waals surface area contributed by atoms with Crippen LogP contribution in [0.2, 0.25) is 0 Å². The van der Waals surface area contributed by atoms with Gasteiger partial charge in [-0.25, -0.2) is 0 Å². The van der Waals surface area contributed by atoms with Gasteiger partial charge in [0.05, 0.1) is 12.9 Å². The van der Waals surface area contributed by atoms with E-state index in [0.29, 0.717) is 0 Å². The summed E-state index contributed by atoms with van der Waals surface area (Å²) in [6.45, 7) is 12.1. The number of halogens is 1. The molecule has 0 saturated heterocycles. The maximum absolute atomic E-state index is 5.15. The van der Waals surface area contributed by atoms with Gasteiger partial charge in [0.1, 0.15) is 0 Å². The summed E-state index contributed by atoms with van der Waals surface area (Å²) in [5, 5.41) is 0.878. The summed E-state index contributed by atoms with van der Waals surface area (Å²) in [5.41, 5.74) is 1.26. The molecule has 0 saturated carbocycles. The Kier molecular flexibility index (Phi) is 5.38. The summed E-state index contributed by atoms with van der Waals surface area (Å²) >= 11 is 3.38. The molecule has 0 aromatic rings. The molecule has 1 nitrogen and oxygen atoms in total. The van der Waals surface area contributed by atoms with E-state index >= 15 is 0 Å². The largest absolute Gasteiger partial charge is 0.501 e. The standard InChI is InChI=1S/C11H19BrO/c1-9(8-12)6-7-11(3,4)10(2)13-5/h1-2,6-8H2,3-5H3. The number of ether oxygens (including phenoxy) is 1. The Morgan fingerprint density at radius 2 is 1.92 bits per heavy atom. The fourth-order valence-electron chi connectivity index (χ4n) is 0.972. The first-order valence-electron chi connectivity index (χ1n) is 4.40. The van der Waals surface area contributed by atoms with Crippen LogP contribution in [0.5, 0.6) is 0 Å². The van der Waals surface area contributed by atoms with Gasteiger partial charge in [-0.15, -0.1) is 0 Å². The van der Waals surface area contributed by atoms with Gasteiger partial charge in [0, 0.05) is 10.7 Å². The van der Waals surface area contributed by atoms with Crippen LogP contribution >= 0.6 is 15.9 Å². The maximum Gasteiger partial charge on any atom is 0.0940 e. The van der Waals surface area contributed by atoms with Crippen LogP contribution in [0.1, 0.15) is 26.7 Å². The first kappa shape index (κ1) is 12.8. The van der Waals surface area contributed by atoms with E-state index in [0.717, 1.165) is 23.9 Å². The highest BCUT2D eigenvalue weighted by molar-refractivity contribution is 9.09. The first-order valence-corrected chi connectivity index (χ1v) is 5.52.